The molecule has 1 fully saturated rings. The minimum Gasteiger partial charge on any atom is -0.488 e. The molecule has 0 aliphatic carbocycles. The van der Waals surface area contributed by atoms with Gasteiger partial charge in [-0.3, -0.25) is 0 Å². The first-order valence-electron chi connectivity index (χ1n) is 5.44. The van der Waals surface area contributed by atoms with Gasteiger partial charge in [0.25, 0.3) is 0 Å². The molecule has 0 aromatic heterocycles. The van der Waals surface area contributed by atoms with Crippen molar-refractivity contribution in [2.24, 2.45) is 0 Å². The molecular formula is C12H15ClO3. The third-order valence-corrected chi connectivity index (χ3v) is 3.00. The van der Waals surface area contributed by atoms with Crippen LogP contribution in [-0.2, 0) is 11.3 Å². The standard InChI is InChI=1S/C12H15ClO3/c13-11-4-1-5-12(10(11)7-14)16-9-3-2-6-15-8-9/h1,4-5,9,14H,2-3,6-8H2. The smallest absolute Gasteiger partial charge is 0.126 e. The van der Waals surface area contributed by atoms with Crippen molar-refractivity contribution >= 4 is 11.6 Å². The summed E-state index contributed by atoms with van der Waals surface area (Å²) in [6, 6.07) is 5.39. The summed E-state index contributed by atoms with van der Waals surface area (Å²) in [6.07, 6.45) is 2.06. The second-order valence-electron chi connectivity index (χ2n) is 3.83. The molecule has 1 atom stereocenters. The van der Waals surface area contributed by atoms with Gasteiger partial charge in [-0.2, -0.15) is 0 Å². The quantitative estimate of drug-likeness (QED) is 0.885. The lowest BCUT2D eigenvalue weighted by atomic mass is 10.1. The molecule has 88 valence electrons. The Morgan fingerprint density at radius 1 is 1.50 bits per heavy atom. The van der Waals surface area contributed by atoms with Crippen LogP contribution in [0.15, 0.2) is 18.2 Å². The topological polar surface area (TPSA) is 38.7 Å². The lowest BCUT2D eigenvalue weighted by Gasteiger charge is -2.24. The van der Waals surface area contributed by atoms with E-state index in [1.807, 2.05) is 12.1 Å². The maximum Gasteiger partial charge on any atom is 0.126 e. The van der Waals surface area contributed by atoms with E-state index < -0.39 is 0 Å². The Bertz CT molecular complexity index is 348. The average Bonchev–Trinajstić information content (AvgIpc) is 2.31. The number of hydrogen-bond donors (Lipinski definition) is 1. The lowest BCUT2D eigenvalue weighted by molar-refractivity contribution is 0.00661. The zero-order chi connectivity index (χ0) is 11.4. The van der Waals surface area contributed by atoms with Crippen LogP contribution in [0.5, 0.6) is 5.75 Å². The van der Waals surface area contributed by atoms with E-state index in [0.717, 1.165) is 19.4 Å². The molecule has 1 aromatic rings. The largest absolute Gasteiger partial charge is 0.488 e. The SMILES string of the molecule is OCc1c(Cl)cccc1OC1CCCOC1. The fourth-order valence-corrected chi connectivity index (χ4v) is 2.01. The van der Waals surface area contributed by atoms with Crippen LogP contribution < -0.4 is 4.74 Å². The molecule has 1 aliphatic heterocycles. The molecule has 2 rings (SSSR count). The normalized spacial score (nSPS) is 20.8. The summed E-state index contributed by atoms with van der Waals surface area (Å²) in [4.78, 5) is 0. The molecule has 0 radical (unpaired) electrons. The second-order valence-corrected chi connectivity index (χ2v) is 4.24. The lowest BCUT2D eigenvalue weighted by Crippen LogP contribution is -2.28. The second kappa shape index (κ2) is 5.53. The summed E-state index contributed by atoms with van der Waals surface area (Å²) >= 11 is 5.98. The van der Waals surface area contributed by atoms with Gasteiger partial charge in [0.15, 0.2) is 0 Å². The van der Waals surface area contributed by atoms with Crippen molar-refractivity contribution < 1.29 is 14.6 Å². The molecule has 3 nitrogen and oxygen atoms in total. The van der Waals surface area contributed by atoms with E-state index in [1.54, 1.807) is 6.07 Å². The first kappa shape index (κ1) is 11.7. The monoisotopic (exact) mass is 242 g/mol. The summed E-state index contributed by atoms with van der Waals surface area (Å²) in [5.41, 5.74) is 0.648. The van der Waals surface area contributed by atoms with E-state index in [1.165, 1.54) is 0 Å². The van der Waals surface area contributed by atoms with Crippen LogP contribution in [0.4, 0.5) is 0 Å². The van der Waals surface area contributed by atoms with Crippen LogP contribution in [0.25, 0.3) is 0 Å². The van der Waals surface area contributed by atoms with E-state index in [0.29, 0.717) is 22.9 Å². The van der Waals surface area contributed by atoms with E-state index >= 15 is 0 Å². The minimum atomic E-state index is -0.109. The van der Waals surface area contributed by atoms with Gasteiger partial charge in [0.05, 0.1) is 13.2 Å². The molecule has 0 saturated carbocycles. The maximum atomic E-state index is 9.23. The van der Waals surface area contributed by atoms with Gasteiger partial charge in [0.1, 0.15) is 11.9 Å². The number of rotatable bonds is 3. The van der Waals surface area contributed by atoms with Crippen molar-refractivity contribution in [3.8, 4) is 5.75 Å². The highest BCUT2D eigenvalue weighted by Gasteiger charge is 2.17. The molecule has 0 spiro atoms. The van der Waals surface area contributed by atoms with Crippen LogP contribution in [0.1, 0.15) is 18.4 Å². The highest BCUT2D eigenvalue weighted by atomic mass is 35.5. The van der Waals surface area contributed by atoms with E-state index in [-0.39, 0.29) is 12.7 Å². The Labute approximate surface area is 99.9 Å². The minimum absolute atomic E-state index is 0.0671. The molecule has 0 bridgehead atoms. The van der Waals surface area contributed by atoms with Gasteiger partial charge in [-0.1, -0.05) is 17.7 Å². The van der Waals surface area contributed by atoms with Gasteiger partial charge < -0.3 is 14.6 Å². The van der Waals surface area contributed by atoms with Crippen molar-refractivity contribution in [2.45, 2.75) is 25.6 Å². The van der Waals surface area contributed by atoms with Crippen molar-refractivity contribution in [1.29, 1.82) is 0 Å². The summed E-state index contributed by atoms with van der Waals surface area (Å²) in [5.74, 6) is 0.658. The van der Waals surface area contributed by atoms with Crippen LogP contribution >= 0.6 is 11.6 Å². The van der Waals surface area contributed by atoms with Crippen molar-refractivity contribution in [1.82, 2.24) is 0 Å². The summed E-state index contributed by atoms with van der Waals surface area (Å²) in [6.45, 7) is 1.31. The van der Waals surface area contributed by atoms with E-state index in [4.69, 9.17) is 21.1 Å². The Hall–Kier alpha value is -0.770. The number of halogens is 1. The first-order valence-corrected chi connectivity index (χ1v) is 5.81. The van der Waals surface area contributed by atoms with Gasteiger partial charge in [-0.05, 0) is 25.0 Å². The summed E-state index contributed by atoms with van der Waals surface area (Å²) < 4.78 is 11.1. The zero-order valence-corrected chi connectivity index (χ0v) is 9.74. The third kappa shape index (κ3) is 2.67. The predicted octanol–water partition coefficient (Wildman–Crippen LogP) is 2.39. The zero-order valence-electron chi connectivity index (χ0n) is 8.99. The fourth-order valence-electron chi connectivity index (χ4n) is 1.79. The van der Waals surface area contributed by atoms with Crippen LogP contribution in [-0.4, -0.2) is 24.4 Å². The van der Waals surface area contributed by atoms with Gasteiger partial charge >= 0.3 is 0 Å². The molecule has 1 saturated heterocycles. The average molecular weight is 243 g/mol. The summed E-state index contributed by atoms with van der Waals surface area (Å²) in [7, 11) is 0. The molecular weight excluding hydrogens is 228 g/mol. The first-order chi connectivity index (χ1) is 7.81. The Balaban J connectivity index is 2.10. The van der Waals surface area contributed by atoms with Crippen molar-refractivity contribution in [3.63, 3.8) is 0 Å². The molecule has 1 N–H and O–H groups in total. The number of benzene rings is 1. The van der Waals surface area contributed by atoms with Gasteiger partial charge in [0.2, 0.25) is 0 Å². The van der Waals surface area contributed by atoms with Crippen LogP contribution in [0.2, 0.25) is 5.02 Å². The summed E-state index contributed by atoms with van der Waals surface area (Å²) in [5, 5.41) is 9.77. The number of aliphatic hydroxyl groups is 1. The molecule has 4 heteroatoms. The van der Waals surface area contributed by atoms with Gasteiger partial charge in [-0.15, -0.1) is 0 Å². The van der Waals surface area contributed by atoms with Crippen LogP contribution in [0, 0.1) is 0 Å². The Morgan fingerprint density at radius 3 is 3.06 bits per heavy atom. The molecule has 16 heavy (non-hydrogen) atoms. The van der Waals surface area contributed by atoms with Gasteiger partial charge in [-0.25, -0.2) is 0 Å². The highest BCUT2D eigenvalue weighted by Crippen LogP contribution is 2.28. The van der Waals surface area contributed by atoms with Crippen LogP contribution in [0.3, 0.4) is 0 Å². The van der Waals surface area contributed by atoms with Crippen molar-refractivity contribution in [3.05, 3.63) is 28.8 Å². The van der Waals surface area contributed by atoms with E-state index in [2.05, 4.69) is 0 Å². The third-order valence-electron chi connectivity index (χ3n) is 2.65. The number of ether oxygens (including phenoxy) is 2. The van der Waals surface area contributed by atoms with Gasteiger partial charge in [0, 0.05) is 17.2 Å². The Morgan fingerprint density at radius 2 is 2.38 bits per heavy atom. The number of hydrogen-bond acceptors (Lipinski definition) is 3. The Kier molecular flexibility index (Phi) is 4.04. The maximum absolute atomic E-state index is 9.23. The molecule has 0 amide bonds. The van der Waals surface area contributed by atoms with Crippen molar-refractivity contribution in [2.75, 3.05) is 13.2 Å². The highest BCUT2D eigenvalue weighted by molar-refractivity contribution is 6.31. The molecule has 1 aromatic carbocycles. The molecule has 1 aliphatic rings. The number of aliphatic hydroxyl groups excluding tert-OH is 1. The van der Waals surface area contributed by atoms with E-state index in [9.17, 15) is 5.11 Å². The fraction of sp³-hybridized carbons (Fsp3) is 0.500. The predicted molar refractivity (Wildman–Crippen MR) is 61.8 cm³/mol. The molecule has 1 heterocycles. The molecule has 1 unspecified atom stereocenters.